The van der Waals surface area contributed by atoms with Crippen molar-refractivity contribution in [2.24, 2.45) is 0 Å². The number of nitrogens with zero attached hydrogens (tertiary/aromatic N) is 2. The highest BCUT2D eigenvalue weighted by molar-refractivity contribution is 6.42. The van der Waals surface area contributed by atoms with E-state index in [0.717, 1.165) is 4.90 Å². The molecule has 0 saturated carbocycles. The molecule has 0 bridgehead atoms. The first kappa shape index (κ1) is 20.6. The number of amides is 2. The standard InChI is InChI=1S/C15H17Cl2F3N2O2/c1-21(2)13(24)8-22(9-15(18,19)20)12(23)7-6-10-4-3-5-11(16)14(10)17/h3-5H,6-9H2,1-2H3. The monoisotopic (exact) mass is 384 g/mol. The lowest BCUT2D eigenvalue weighted by atomic mass is 10.1. The average molecular weight is 385 g/mol. The number of carbonyl (C=O) groups is 2. The van der Waals surface area contributed by atoms with Crippen molar-refractivity contribution in [1.82, 2.24) is 9.80 Å². The number of hydrogen-bond donors (Lipinski definition) is 0. The summed E-state index contributed by atoms with van der Waals surface area (Å²) < 4.78 is 37.9. The third-order valence-electron chi connectivity index (χ3n) is 3.19. The van der Waals surface area contributed by atoms with Crippen molar-refractivity contribution in [3.05, 3.63) is 33.8 Å². The highest BCUT2D eigenvalue weighted by atomic mass is 35.5. The molecule has 0 heterocycles. The minimum absolute atomic E-state index is 0.128. The first-order valence-corrected chi connectivity index (χ1v) is 7.74. The Bertz CT molecular complexity index is 607. The average Bonchev–Trinajstić information content (AvgIpc) is 2.46. The molecule has 1 rings (SSSR count). The second kappa shape index (κ2) is 8.58. The van der Waals surface area contributed by atoms with Crippen LogP contribution in [0.4, 0.5) is 13.2 Å². The van der Waals surface area contributed by atoms with Gasteiger partial charge in [0.25, 0.3) is 0 Å². The summed E-state index contributed by atoms with van der Waals surface area (Å²) in [6, 6.07) is 4.85. The Morgan fingerprint density at radius 3 is 2.29 bits per heavy atom. The van der Waals surface area contributed by atoms with Gasteiger partial charge in [-0.1, -0.05) is 35.3 Å². The number of halogens is 5. The van der Waals surface area contributed by atoms with Gasteiger partial charge in [0.1, 0.15) is 13.1 Å². The van der Waals surface area contributed by atoms with E-state index in [-0.39, 0.29) is 17.9 Å². The first-order chi connectivity index (χ1) is 11.0. The summed E-state index contributed by atoms with van der Waals surface area (Å²) in [6.07, 6.45) is -4.67. The molecule has 134 valence electrons. The van der Waals surface area contributed by atoms with E-state index in [1.807, 2.05) is 0 Å². The summed E-state index contributed by atoms with van der Waals surface area (Å²) >= 11 is 11.8. The Hall–Kier alpha value is -1.47. The molecule has 24 heavy (non-hydrogen) atoms. The molecule has 0 N–H and O–H groups in total. The molecule has 0 aliphatic rings. The zero-order valence-electron chi connectivity index (χ0n) is 13.2. The van der Waals surface area contributed by atoms with Crippen LogP contribution in [-0.2, 0) is 16.0 Å². The molecular formula is C15H17Cl2F3N2O2. The maximum absolute atomic E-state index is 12.6. The van der Waals surface area contributed by atoms with Gasteiger partial charge in [0.05, 0.1) is 10.0 Å². The minimum Gasteiger partial charge on any atom is -0.347 e. The van der Waals surface area contributed by atoms with Crippen LogP contribution < -0.4 is 0 Å². The van der Waals surface area contributed by atoms with Gasteiger partial charge >= 0.3 is 6.18 Å². The predicted molar refractivity (Wildman–Crippen MR) is 86.1 cm³/mol. The van der Waals surface area contributed by atoms with Gasteiger partial charge in [0.2, 0.25) is 11.8 Å². The maximum Gasteiger partial charge on any atom is 0.406 e. The minimum atomic E-state index is -4.59. The van der Waals surface area contributed by atoms with Gasteiger partial charge in [-0.15, -0.1) is 0 Å². The van der Waals surface area contributed by atoms with E-state index in [2.05, 4.69) is 0 Å². The fourth-order valence-corrected chi connectivity index (χ4v) is 2.31. The van der Waals surface area contributed by atoms with Crippen molar-refractivity contribution in [3.8, 4) is 0 Å². The zero-order chi connectivity index (χ0) is 18.5. The van der Waals surface area contributed by atoms with Gasteiger partial charge in [0, 0.05) is 20.5 Å². The number of benzene rings is 1. The van der Waals surface area contributed by atoms with Crippen LogP contribution in [0, 0.1) is 0 Å². The van der Waals surface area contributed by atoms with Crippen LogP contribution in [0.15, 0.2) is 18.2 Å². The van der Waals surface area contributed by atoms with Gasteiger partial charge in [0.15, 0.2) is 0 Å². The summed E-state index contributed by atoms with van der Waals surface area (Å²) in [4.78, 5) is 25.4. The summed E-state index contributed by atoms with van der Waals surface area (Å²) in [5, 5.41) is 0.565. The van der Waals surface area contributed by atoms with Crippen molar-refractivity contribution < 1.29 is 22.8 Å². The predicted octanol–water partition coefficient (Wildman–Crippen LogP) is 3.41. The van der Waals surface area contributed by atoms with Crippen LogP contribution in [0.25, 0.3) is 0 Å². The molecule has 4 nitrogen and oxygen atoms in total. The topological polar surface area (TPSA) is 40.6 Å². The molecule has 2 amide bonds. The molecule has 0 aliphatic heterocycles. The van der Waals surface area contributed by atoms with Crippen LogP contribution in [-0.4, -0.2) is 55.0 Å². The van der Waals surface area contributed by atoms with Crippen LogP contribution in [0.2, 0.25) is 10.0 Å². The molecule has 9 heteroatoms. The summed E-state index contributed by atoms with van der Waals surface area (Å²) in [7, 11) is 2.81. The fourth-order valence-electron chi connectivity index (χ4n) is 1.89. The normalized spacial score (nSPS) is 11.3. The maximum atomic E-state index is 12.6. The van der Waals surface area contributed by atoms with Gasteiger partial charge < -0.3 is 9.80 Å². The first-order valence-electron chi connectivity index (χ1n) is 6.99. The van der Waals surface area contributed by atoms with Crippen molar-refractivity contribution in [3.63, 3.8) is 0 Å². The van der Waals surface area contributed by atoms with E-state index >= 15 is 0 Å². The van der Waals surface area contributed by atoms with Gasteiger partial charge in [-0.05, 0) is 18.1 Å². The van der Waals surface area contributed by atoms with Gasteiger partial charge in [-0.25, -0.2) is 0 Å². The summed E-state index contributed by atoms with van der Waals surface area (Å²) in [6.45, 7) is -2.11. The second-order valence-corrected chi connectivity index (χ2v) is 6.15. The van der Waals surface area contributed by atoms with Gasteiger partial charge in [-0.3, -0.25) is 9.59 Å². The van der Waals surface area contributed by atoms with Crippen LogP contribution in [0.3, 0.4) is 0 Å². The van der Waals surface area contributed by atoms with Crippen molar-refractivity contribution >= 4 is 35.0 Å². The molecule has 0 saturated heterocycles. The summed E-state index contributed by atoms with van der Waals surface area (Å²) in [5.41, 5.74) is 0.559. The van der Waals surface area contributed by atoms with E-state index in [9.17, 15) is 22.8 Å². The van der Waals surface area contributed by atoms with E-state index in [1.54, 1.807) is 18.2 Å². The third-order valence-corrected chi connectivity index (χ3v) is 4.05. The van der Waals surface area contributed by atoms with Crippen molar-refractivity contribution in [2.75, 3.05) is 27.2 Å². The molecule has 1 aromatic rings. The van der Waals surface area contributed by atoms with Crippen LogP contribution in [0.1, 0.15) is 12.0 Å². The molecular weight excluding hydrogens is 368 g/mol. The molecule has 1 aromatic carbocycles. The molecule has 0 fully saturated rings. The number of rotatable bonds is 6. The van der Waals surface area contributed by atoms with E-state index in [0.29, 0.717) is 15.5 Å². The molecule has 0 unspecified atom stereocenters. The second-order valence-electron chi connectivity index (χ2n) is 5.37. The highest BCUT2D eigenvalue weighted by Gasteiger charge is 2.34. The number of carbonyl (C=O) groups excluding carboxylic acids is 2. The van der Waals surface area contributed by atoms with E-state index in [1.165, 1.54) is 14.1 Å². The Labute approximate surface area is 148 Å². The Morgan fingerprint density at radius 2 is 1.75 bits per heavy atom. The third kappa shape index (κ3) is 6.57. The van der Waals surface area contributed by atoms with Crippen LogP contribution in [0.5, 0.6) is 0 Å². The Balaban J connectivity index is 2.80. The van der Waals surface area contributed by atoms with Crippen LogP contribution >= 0.6 is 23.2 Å². The molecule has 0 aromatic heterocycles. The SMILES string of the molecule is CN(C)C(=O)CN(CC(F)(F)F)C(=O)CCc1cccc(Cl)c1Cl. The lowest BCUT2D eigenvalue weighted by Gasteiger charge is -2.25. The van der Waals surface area contributed by atoms with E-state index < -0.39 is 31.1 Å². The van der Waals surface area contributed by atoms with Crippen molar-refractivity contribution in [1.29, 1.82) is 0 Å². The molecule has 0 radical (unpaired) electrons. The Morgan fingerprint density at radius 1 is 1.12 bits per heavy atom. The number of likely N-dealkylation sites (N-methyl/N-ethyl adjacent to an activating group) is 1. The lowest BCUT2D eigenvalue weighted by molar-refractivity contribution is -0.164. The lowest BCUT2D eigenvalue weighted by Crippen LogP contribution is -2.44. The number of alkyl halides is 3. The Kier molecular flexibility index (Phi) is 7.35. The zero-order valence-corrected chi connectivity index (χ0v) is 14.7. The van der Waals surface area contributed by atoms with Gasteiger partial charge in [-0.2, -0.15) is 13.2 Å². The summed E-state index contributed by atoms with van der Waals surface area (Å²) in [5.74, 6) is -1.37. The highest BCUT2D eigenvalue weighted by Crippen LogP contribution is 2.26. The largest absolute Gasteiger partial charge is 0.406 e. The number of aryl methyl sites for hydroxylation is 1. The number of hydrogen-bond acceptors (Lipinski definition) is 2. The molecule has 0 aliphatic carbocycles. The van der Waals surface area contributed by atoms with E-state index in [4.69, 9.17) is 23.2 Å². The van der Waals surface area contributed by atoms with Crippen molar-refractivity contribution in [2.45, 2.75) is 19.0 Å². The quantitative estimate of drug-likeness (QED) is 0.753. The molecule has 0 atom stereocenters. The fraction of sp³-hybridized carbons (Fsp3) is 0.467. The smallest absolute Gasteiger partial charge is 0.347 e. The molecule has 0 spiro atoms.